The zero-order chi connectivity index (χ0) is 14.4. The Labute approximate surface area is 115 Å². The van der Waals surface area contributed by atoms with Crippen LogP contribution in [0.3, 0.4) is 0 Å². The highest BCUT2D eigenvalue weighted by Crippen LogP contribution is 2.22. The van der Waals surface area contributed by atoms with E-state index in [9.17, 15) is 9.59 Å². The van der Waals surface area contributed by atoms with E-state index in [1.54, 1.807) is 18.9 Å². The molecule has 2 atom stereocenters. The summed E-state index contributed by atoms with van der Waals surface area (Å²) >= 11 is 0. The van der Waals surface area contributed by atoms with Crippen molar-refractivity contribution < 1.29 is 14.3 Å². The summed E-state index contributed by atoms with van der Waals surface area (Å²) in [5, 5.41) is 0. The Hall–Kier alpha value is -1.10. The number of hydrogen-bond acceptors (Lipinski definition) is 4. The molecule has 110 valence electrons. The van der Waals surface area contributed by atoms with Crippen LogP contribution in [0.5, 0.6) is 0 Å². The minimum atomic E-state index is -0.280. The maximum atomic E-state index is 12.3. The molecule has 0 bridgehead atoms. The average molecular weight is 270 g/mol. The van der Waals surface area contributed by atoms with Crippen molar-refractivity contribution >= 4 is 11.9 Å². The molecular weight excluding hydrogens is 244 g/mol. The van der Waals surface area contributed by atoms with Crippen molar-refractivity contribution in [3.8, 4) is 0 Å². The molecule has 0 spiro atoms. The van der Waals surface area contributed by atoms with E-state index in [1.165, 1.54) is 6.42 Å². The molecule has 1 rings (SSSR count). The molecule has 1 heterocycles. The molecule has 0 aromatic carbocycles. The van der Waals surface area contributed by atoms with Gasteiger partial charge in [0.15, 0.2) is 0 Å². The number of nitrogens with zero attached hydrogens (tertiary/aromatic N) is 2. The van der Waals surface area contributed by atoms with E-state index in [1.807, 2.05) is 4.90 Å². The Kier molecular flexibility index (Phi) is 6.28. The van der Waals surface area contributed by atoms with Gasteiger partial charge in [0.25, 0.3) is 0 Å². The van der Waals surface area contributed by atoms with Gasteiger partial charge in [-0.15, -0.1) is 0 Å². The largest absolute Gasteiger partial charge is 0.465 e. The lowest BCUT2D eigenvalue weighted by Crippen LogP contribution is -2.51. The van der Waals surface area contributed by atoms with Gasteiger partial charge < -0.3 is 9.64 Å². The quantitative estimate of drug-likeness (QED) is 0.706. The lowest BCUT2D eigenvalue weighted by molar-refractivity contribution is -0.145. The van der Waals surface area contributed by atoms with Gasteiger partial charge in [-0.05, 0) is 47.1 Å². The minimum absolute atomic E-state index is 0.103. The third-order valence-corrected chi connectivity index (χ3v) is 3.59. The third-order valence-electron chi connectivity index (χ3n) is 3.59. The molecule has 0 N–H and O–H groups in total. The third kappa shape index (κ3) is 4.82. The smallest absolute Gasteiger partial charge is 0.320 e. The van der Waals surface area contributed by atoms with Crippen molar-refractivity contribution in [2.75, 3.05) is 26.7 Å². The number of carbonyl (C=O) groups is 2. The number of amides is 1. The van der Waals surface area contributed by atoms with Gasteiger partial charge in [0.05, 0.1) is 19.7 Å². The lowest BCUT2D eigenvalue weighted by atomic mass is 9.97. The summed E-state index contributed by atoms with van der Waals surface area (Å²) in [7, 11) is 1.77. The Balaban J connectivity index is 2.46. The van der Waals surface area contributed by atoms with Gasteiger partial charge in [-0.1, -0.05) is 0 Å². The zero-order valence-electron chi connectivity index (χ0n) is 12.5. The molecule has 0 aromatic rings. The molecule has 0 radical (unpaired) electrons. The summed E-state index contributed by atoms with van der Waals surface area (Å²) in [5.74, 6) is -0.177. The van der Waals surface area contributed by atoms with Crippen LogP contribution in [-0.4, -0.2) is 60.5 Å². The highest BCUT2D eigenvalue weighted by molar-refractivity contribution is 5.80. The summed E-state index contributed by atoms with van der Waals surface area (Å²) < 4.78 is 4.88. The minimum Gasteiger partial charge on any atom is -0.465 e. The van der Waals surface area contributed by atoms with Crippen LogP contribution in [-0.2, 0) is 14.3 Å². The van der Waals surface area contributed by atoms with Crippen molar-refractivity contribution in [2.24, 2.45) is 0 Å². The Bertz CT molecular complexity index is 310. The number of ether oxygens (including phenoxy) is 1. The van der Waals surface area contributed by atoms with E-state index in [0.29, 0.717) is 18.7 Å². The van der Waals surface area contributed by atoms with Gasteiger partial charge in [0, 0.05) is 12.1 Å². The van der Waals surface area contributed by atoms with Crippen LogP contribution in [0.2, 0.25) is 0 Å². The van der Waals surface area contributed by atoms with Gasteiger partial charge in [-0.25, -0.2) is 0 Å². The first-order chi connectivity index (χ1) is 8.95. The summed E-state index contributed by atoms with van der Waals surface area (Å²) in [6.45, 7) is 6.78. The normalized spacial score (nSPS) is 23.5. The predicted molar refractivity (Wildman–Crippen MR) is 73.8 cm³/mol. The molecule has 0 aliphatic carbocycles. The first-order valence-electron chi connectivity index (χ1n) is 7.11. The summed E-state index contributed by atoms with van der Waals surface area (Å²) in [6, 6.07) is 0.597. The SMILES string of the molecule is CCOC(=O)CN(C)CC(=O)N1C(C)CCCC1C. The summed E-state index contributed by atoms with van der Waals surface area (Å²) in [5.41, 5.74) is 0. The molecule has 2 unspecified atom stereocenters. The van der Waals surface area contributed by atoms with Gasteiger partial charge in [0.2, 0.25) is 5.91 Å². The molecule has 19 heavy (non-hydrogen) atoms. The second kappa shape index (κ2) is 7.48. The van der Waals surface area contributed by atoms with Crippen molar-refractivity contribution in [3.05, 3.63) is 0 Å². The van der Waals surface area contributed by atoms with E-state index in [4.69, 9.17) is 4.74 Å². The number of esters is 1. The molecule has 1 amide bonds. The molecule has 1 aliphatic heterocycles. The fraction of sp³-hybridized carbons (Fsp3) is 0.857. The maximum absolute atomic E-state index is 12.3. The topological polar surface area (TPSA) is 49.9 Å². The number of likely N-dealkylation sites (N-methyl/N-ethyl adjacent to an activating group) is 1. The molecule has 0 aromatic heterocycles. The van der Waals surface area contributed by atoms with Crippen LogP contribution in [0.15, 0.2) is 0 Å². The van der Waals surface area contributed by atoms with E-state index < -0.39 is 0 Å². The fourth-order valence-electron chi connectivity index (χ4n) is 2.71. The second-order valence-electron chi connectivity index (χ2n) is 5.41. The summed E-state index contributed by atoms with van der Waals surface area (Å²) in [6.07, 6.45) is 3.32. The van der Waals surface area contributed by atoms with Crippen LogP contribution in [0.4, 0.5) is 0 Å². The number of carbonyl (C=O) groups excluding carboxylic acids is 2. The van der Waals surface area contributed by atoms with Crippen LogP contribution in [0, 0.1) is 0 Å². The van der Waals surface area contributed by atoms with Crippen LogP contribution < -0.4 is 0 Å². The number of piperidine rings is 1. The Morgan fingerprint density at radius 3 is 2.32 bits per heavy atom. The van der Waals surface area contributed by atoms with Crippen LogP contribution in [0.25, 0.3) is 0 Å². The van der Waals surface area contributed by atoms with E-state index in [-0.39, 0.29) is 25.0 Å². The van der Waals surface area contributed by atoms with Crippen molar-refractivity contribution in [1.29, 1.82) is 0 Å². The Morgan fingerprint density at radius 1 is 1.21 bits per heavy atom. The summed E-state index contributed by atoms with van der Waals surface area (Å²) in [4.78, 5) is 27.3. The van der Waals surface area contributed by atoms with Gasteiger partial charge in [0.1, 0.15) is 0 Å². The molecule has 5 heteroatoms. The molecule has 1 saturated heterocycles. The van der Waals surface area contributed by atoms with Crippen molar-refractivity contribution in [3.63, 3.8) is 0 Å². The van der Waals surface area contributed by atoms with Crippen LogP contribution >= 0.6 is 0 Å². The lowest BCUT2D eigenvalue weighted by Gasteiger charge is -2.39. The van der Waals surface area contributed by atoms with Crippen LogP contribution in [0.1, 0.15) is 40.0 Å². The Morgan fingerprint density at radius 2 is 1.79 bits per heavy atom. The molecule has 1 aliphatic rings. The maximum Gasteiger partial charge on any atom is 0.320 e. The highest BCUT2D eigenvalue weighted by atomic mass is 16.5. The van der Waals surface area contributed by atoms with E-state index in [2.05, 4.69) is 13.8 Å². The number of hydrogen-bond donors (Lipinski definition) is 0. The monoisotopic (exact) mass is 270 g/mol. The van der Waals surface area contributed by atoms with Crippen molar-refractivity contribution in [2.45, 2.75) is 52.1 Å². The van der Waals surface area contributed by atoms with E-state index in [0.717, 1.165) is 12.8 Å². The number of likely N-dealkylation sites (tertiary alicyclic amines) is 1. The first-order valence-corrected chi connectivity index (χ1v) is 7.11. The molecule has 5 nitrogen and oxygen atoms in total. The standard InChI is InChI=1S/C14H26N2O3/c1-5-19-14(18)10-15(4)9-13(17)16-11(2)7-6-8-12(16)3/h11-12H,5-10H2,1-4H3. The zero-order valence-corrected chi connectivity index (χ0v) is 12.5. The van der Waals surface area contributed by atoms with E-state index >= 15 is 0 Å². The molecule has 0 saturated carbocycles. The van der Waals surface area contributed by atoms with Gasteiger partial charge >= 0.3 is 5.97 Å². The fourth-order valence-corrected chi connectivity index (χ4v) is 2.71. The van der Waals surface area contributed by atoms with Crippen molar-refractivity contribution in [1.82, 2.24) is 9.80 Å². The first kappa shape index (κ1) is 16.0. The second-order valence-corrected chi connectivity index (χ2v) is 5.41. The highest BCUT2D eigenvalue weighted by Gasteiger charge is 2.29. The molecule has 1 fully saturated rings. The average Bonchev–Trinajstić information content (AvgIpc) is 2.28. The van der Waals surface area contributed by atoms with Gasteiger partial charge in [-0.3, -0.25) is 14.5 Å². The molecular formula is C14H26N2O3. The number of rotatable bonds is 5. The van der Waals surface area contributed by atoms with Gasteiger partial charge in [-0.2, -0.15) is 0 Å². The predicted octanol–water partition coefficient (Wildman–Crippen LogP) is 1.27.